The Morgan fingerprint density at radius 2 is 1.89 bits per heavy atom. The maximum atomic E-state index is 11.1. The molecule has 0 radical (unpaired) electrons. The minimum absolute atomic E-state index is 0.0143. The Bertz CT molecular complexity index is 464. The Balaban J connectivity index is 3.11. The summed E-state index contributed by atoms with van der Waals surface area (Å²) in [7, 11) is -2.05. The lowest BCUT2D eigenvalue weighted by molar-refractivity contribution is 0.108. The van der Waals surface area contributed by atoms with Crippen molar-refractivity contribution < 1.29 is 14.3 Å². The molecule has 1 aromatic rings. The van der Waals surface area contributed by atoms with Crippen LogP contribution in [0.5, 0.6) is 11.5 Å². The van der Waals surface area contributed by atoms with Crippen LogP contribution in [-0.4, -0.2) is 18.7 Å². The van der Waals surface area contributed by atoms with E-state index in [9.17, 15) is 9.90 Å². The van der Waals surface area contributed by atoms with Crippen molar-refractivity contribution in [1.29, 1.82) is 0 Å². The first kappa shape index (κ1) is 15.1. The van der Waals surface area contributed by atoms with Crippen LogP contribution in [0.2, 0.25) is 18.1 Å². The third-order valence-electron chi connectivity index (χ3n) is 3.36. The van der Waals surface area contributed by atoms with Gasteiger partial charge in [-0.1, -0.05) is 20.8 Å². The summed E-state index contributed by atoms with van der Waals surface area (Å²) in [6.45, 7) is 10.5. The van der Waals surface area contributed by atoms with Crippen molar-refractivity contribution in [2.24, 2.45) is 0 Å². The van der Waals surface area contributed by atoms with Crippen molar-refractivity contribution in [2.45, 2.75) is 38.9 Å². The molecule has 0 amide bonds. The number of rotatable bonds is 3. The number of carbonyl (C=O) groups excluding carboxylic acids is 1. The van der Waals surface area contributed by atoms with Gasteiger partial charge in [0.15, 0.2) is 5.75 Å². The molecule has 0 aliphatic rings. The van der Waals surface area contributed by atoms with Crippen LogP contribution < -0.4 is 4.43 Å². The quantitative estimate of drug-likeness (QED) is 0.670. The summed E-state index contributed by atoms with van der Waals surface area (Å²) in [6.07, 6.45) is 0. The molecule has 1 aromatic carbocycles. The predicted molar refractivity (Wildman–Crippen MR) is 76.1 cm³/mol. The summed E-state index contributed by atoms with van der Waals surface area (Å²) in [6, 6.07) is 4.40. The van der Waals surface area contributed by atoms with E-state index in [-0.39, 0.29) is 10.8 Å². The molecule has 0 bridgehead atoms. The van der Waals surface area contributed by atoms with E-state index in [1.165, 1.54) is 18.2 Å². The summed E-state index contributed by atoms with van der Waals surface area (Å²) in [4.78, 5) is 11.1. The first-order chi connectivity index (χ1) is 8.04. The van der Waals surface area contributed by atoms with Gasteiger partial charge < -0.3 is 9.53 Å². The largest absolute Gasteiger partial charge is 0.541 e. The molecule has 0 spiro atoms. The van der Waals surface area contributed by atoms with Crippen LogP contribution in [-0.2, 0) is 0 Å². The monoisotopic (exact) mass is 286 g/mol. The van der Waals surface area contributed by atoms with Crippen LogP contribution in [0.25, 0.3) is 0 Å². The molecular weight excluding hydrogens is 268 g/mol. The van der Waals surface area contributed by atoms with Crippen LogP contribution in [0.3, 0.4) is 0 Å². The highest BCUT2D eigenvalue weighted by Crippen LogP contribution is 2.39. The molecule has 0 atom stereocenters. The lowest BCUT2D eigenvalue weighted by atomic mass is 10.2. The molecule has 0 saturated heterocycles. The van der Waals surface area contributed by atoms with E-state index in [1.54, 1.807) is 0 Å². The van der Waals surface area contributed by atoms with Crippen molar-refractivity contribution in [3.63, 3.8) is 0 Å². The highest BCUT2D eigenvalue weighted by atomic mass is 35.5. The van der Waals surface area contributed by atoms with E-state index in [4.69, 9.17) is 16.0 Å². The van der Waals surface area contributed by atoms with Crippen molar-refractivity contribution >= 4 is 25.2 Å². The third-order valence-corrected chi connectivity index (χ3v) is 7.92. The first-order valence-electron chi connectivity index (χ1n) is 5.76. The first-order valence-corrected chi connectivity index (χ1v) is 9.05. The highest BCUT2D eigenvalue weighted by Gasteiger charge is 2.39. The predicted octanol–water partition coefficient (Wildman–Crippen LogP) is 4.16. The van der Waals surface area contributed by atoms with Crippen LogP contribution >= 0.6 is 11.6 Å². The third kappa shape index (κ3) is 3.27. The minimum Gasteiger partial charge on any atom is -0.541 e. The Morgan fingerprint density at radius 3 is 2.33 bits per heavy atom. The number of benzene rings is 1. The average Bonchev–Trinajstić information content (AvgIpc) is 2.18. The molecule has 0 unspecified atom stereocenters. The van der Waals surface area contributed by atoms with Gasteiger partial charge in [0, 0.05) is 5.56 Å². The molecule has 1 N–H and O–H groups in total. The topological polar surface area (TPSA) is 46.5 Å². The molecule has 0 heterocycles. The van der Waals surface area contributed by atoms with E-state index in [2.05, 4.69) is 33.9 Å². The van der Waals surface area contributed by atoms with Gasteiger partial charge in [0.2, 0.25) is 0 Å². The van der Waals surface area contributed by atoms with Crippen molar-refractivity contribution in [3.05, 3.63) is 23.8 Å². The normalized spacial score (nSPS) is 12.3. The lowest BCUT2D eigenvalue weighted by Crippen LogP contribution is -2.43. The zero-order valence-corrected chi connectivity index (χ0v) is 13.1. The number of phenolic OH excluding ortho intramolecular Hbond substituents is 1. The molecule has 0 aromatic heterocycles. The Hall–Kier alpha value is -1.00. The fourth-order valence-electron chi connectivity index (χ4n) is 1.15. The van der Waals surface area contributed by atoms with Gasteiger partial charge in [-0.05, 0) is 47.9 Å². The average molecular weight is 287 g/mol. The molecule has 1 rings (SSSR count). The van der Waals surface area contributed by atoms with Gasteiger partial charge in [-0.25, -0.2) is 0 Å². The molecular formula is C13H19ClO3Si. The standard InChI is InChI=1S/C13H19ClO3Si/c1-13(2,3)18(4,5)17-11-8-9(12(14)16)6-7-10(11)15/h6-8,15H,1-5H3. The van der Waals surface area contributed by atoms with Gasteiger partial charge in [-0.15, -0.1) is 0 Å². The highest BCUT2D eigenvalue weighted by molar-refractivity contribution is 6.74. The Kier molecular flexibility index (Phi) is 4.13. The summed E-state index contributed by atoms with van der Waals surface area (Å²) in [5.74, 6) is 0.356. The van der Waals surface area contributed by atoms with Crippen molar-refractivity contribution in [2.75, 3.05) is 0 Å². The Labute approximate surface area is 114 Å². The zero-order chi connectivity index (χ0) is 14.1. The zero-order valence-electron chi connectivity index (χ0n) is 11.4. The van der Waals surface area contributed by atoms with Gasteiger partial charge in [0.05, 0.1) is 0 Å². The van der Waals surface area contributed by atoms with Gasteiger partial charge in [-0.3, -0.25) is 4.79 Å². The maximum absolute atomic E-state index is 11.1. The van der Waals surface area contributed by atoms with E-state index in [0.29, 0.717) is 11.3 Å². The fourth-order valence-corrected chi connectivity index (χ4v) is 2.28. The second-order valence-corrected chi connectivity index (χ2v) is 10.9. The van der Waals surface area contributed by atoms with E-state index in [0.717, 1.165) is 0 Å². The van der Waals surface area contributed by atoms with Crippen LogP contribution in [0, 0.1) is 0 Å². The summed E-state index contributed by atoms with van der Waals surface area (Å²) in [5.41, 5.74) is 0.322. The number of hydrogen-bond donors (Lipinski definition) is 1. The molecule has 0 aliphatic heterocycles. The van der Waals surface area contributed by atoms with Crippen LogP contribution in [0.15, 0.2) is 18.2 Å². The molecule has 0 saturated carbocycles. The van der Waals surface area contributed by atoms with Crippen LogP contribution in [0.4, 0.5) is 0 Å². The van der Waals surface area contributed by atoms with Crippen LogP contribution in [0.1, 0.15) is 31.1 Å². The molecule has 5 heteroatoms. The van der Waals surface area contributed by atoms with Gasteiger partial charge in [0.25, 0.3) is 13.6 Å². The van der Waals surface area contributed by atoms with E-state index in [1.807, 2.05) is 0 Å². The number of aromatic hydroxyl groups is 1. The SMILES string of the molecule is CC(C)(C)[Si](C)(C)Oc1cc(C(=O)Cl)ccc1O. The maximum Gasteiger partial charge on any atom is 0.252 e. The molecule has 0 aliphatic carbocycles. The fraction of sp³-hybridized carbons (Fsp3) is 0.462. The van der Waals surface area contributed by atoms with E-state index >= 15 is 0 Å². The number of phenols is 1. The summed E-state index contributed by atoms with van der Waals surface area (Å²) >= 11 is 5.42. The van der Waals surface area contributed by atoms with Crippen molar-refractivity contribution in [3.8, 4) is 11.5 Å². The summed E-state index contributed by atoms with van der Waals surface area (Å²) in [5, 5.41) is 9.24. The van der Waals surface area contributed by atoms with E-state index < -0.39 is 13.6 Å². The van der Waals surface area contributed by atoms with Gasteiger partial charge in [0.1, 0.15) is 5.75 Å². The van der Waals surface area contributed by atoms with Crippen molar-refractivity contribution in [1.82, 2.24) is 0 Å². The second kappa shape index (κ2) is 4.94. The number of carbonyl (C=O) groups is 1. The molecule has 18 heavy (non-hydrogen) atoms. The second-order valence-electron chi connectivity index (χ2n) is 5.82. The lowest BCUT2D eigenvalue weighted by Gasteiger charge is -2.36. The Morgan fingerprint density at radius 1 is 1.33 bits per heavy atom. The van der Waals surface area contributed by atoms with Gasteiger partial charge >= 0.3 is 0 Å². The number of hydrogen-bond acceptors (Lipinski definition) is 3. The minimum atomic E-state index is -2.05. The molecule has 0 fully saturated rings. The molecule has 100 valence electrons. The number of halogens is 1. The summed E-state index contributed by atoms with van der Waals surface area (Å²) < 4.78 is 5.97. The smallest absolute Gasteiger partial charge is 0.252 e. The van der Waals surface area contributed by atoms with Gasteiger partial charge in [-0.2, -0.15) is 0 Å². The molecule has 3 nitrogen and oxygen atoms in total.